The summed E-state index contributed by atoms with van der Waals surface area (Å²) in [5.41, 5.74) is 2.55. The molecule has 1 aromatic heterocycles. The largest absolute Gasteiger partial charge is 0.339 e. The number of carbonyl (C=O) groups excluding carboxylic acids is 2. The fourth-order valence-corrected chi connectivity index (χ4v) is 2.67. The molecule has 0 bridgehead atoms. The van der Waals surface area contributed by atoms with Crippen LogP contribution in [0.4, 0.5) is 5.69 Å². The Kier molecular flexibility index (Phi) is 4.64. The number of aromatic nitrogens is 2. The van der Waals surface area contributed by atoms with E-state index in [-0.39, 0.29) is 11.8 Å². The minimum absolute atomic E-state index is 0.0353. The minimum Gasteiger partial charge on any atom is -0.339 e. The van der Waals surface area contributed by atoms with Crippen molar-refractivity contribution >= 4 is 17.5 Å². The summed E-state index contributed by atoms with van der Waals surface area (Å²) < 4.78 is 0. The van der Waals surface area contributed by atoms with Crippen LogP contribution < -0.4 is 5.32 Å². The molecule has 1 fully saturated rings. The molecule has 2 N–H and O–H groups in total. The second kappa shape index (κ2) is 6.86. The predicted molar refractivity (Wildman–Crippen MR) is 92.2 cm³/mol. The summed E-state index contributed by atoms with van der Waals surface area (Å²) in [5, 5.41) is 9.81. The monoisotopic (exact) mass is 326 g/mol. The van der Waals surface area contributed by atoms with Gasteiger partial charge in [-0.1, -0.05) is 6.07 Å². The number of hydrogen-bond acceptors (Lipinski definition) is 3. The smallest absolute Gasteiger partial charge is 0.276 e. The van der Waals surface area contributed by atoms with Crippen molar-refractivity contribution in [3.63, 3.8) is 0 Å². The number of anilines is 1. The Hall–Kier alpha value is -2.63. The zero-order chi connectivity index (χ0) is 17.1. The van der Waals surface area contributed by atoms with Crippen molar-refractivity contribution in [3.8, 4) is 0 Å². The molecular formula is C18H22N4O2. The van der Waals surface area contributed by atoms with Crippen LogP contribution in [-0.2, 0) is 0 Å². The molecule has 0 saturated heterocycles. The molecule has 6 heteroatoms. The first-order valence-electron chi connectivity index (χ1n) is 8.38. The highest BCUT2D eigenvalue weighted by molar-refractivity contribution is 6.04. The number of rotatable bonds is 6. The summed E-state index contributed by atoms with van der Waals surface area (Å²) in [5.74, 6) is 0.214. The van der Waals surface area contributed by atoms with Crippen LogP contribution in [-0.4, -0.2) is 40.0 Å². The van der Waals surface area contributed by atoms with Crippen LogP contribution in [0.1, 0.15) is 59.1 Å². The van der Waals surface area contributed by atoms with Crippen molar-refractivity contribution in [2.24, 2.45) is 0 Å². The van der Waals surface area contributed by atoms with Crippen molar-refractivity contribution in [2.75, 3.05) is 18.4 Å². The fourth-order valence-electron chi connectivity index (χ4n) is 2.67. The molecule has 126 valence electrons. The van der Waals surface area contributed by atoms with Gasteiger partial charge >= 0.3 is 0 Å². The third-order valence-electron chi connectivity index (χ3n) is 4.27. The maximum atomic E-state index is 12.4. The van der Waals surface area contributed by atoms with Crippen LogP contribution >= 0.6 is 0 Å². The van der Waals surface area contributed by atoms with Crippen molar-refractivity contribution in [2.45, 2.75) is 32.6 Å². The van der Waals surface area contributed by atoms with Gasteiger partial charge in [0, 0.05) is 36.0 Å². The molecule has 1 aromatic carbocycles. The Morgan fingerprint density at radius 1 is 1.25 bits per heavy atom. The van der Waals surface area contributed by atoms with Gasteiger partial charge < -0.3 is 10.2 Å². The van der Waals surface area contributed by atoms with E-state index in [1.54, 1.807) is 35.2 Å². The van der Waals surface area contributed by atoms with Crippen molar-refractivity contribution in [3.05, 3.63) is 47.3 Å². The van der Waals surface area contributed by atoms with Crippen LogP contribution in [0, 0.1) is 0 Å². The summed E-state index contributed by atoms with van der Waals surface area (Å²) in [6, 6.07) is 8.80. The van der Waals surface area contributed by atoms with E-state index in [2.05, 4.69) is 15.5 Å². The molecule has 2 amide bonds. The molecular weight excluding hydrogens is 304 g/mol. The number of amides is 2. The summed E-state index contributed by atoms with van der Waals surface area (Å²) in [4.78, 5) is 26.5. The van der Waals surface area contributed by atoms with E-state index in [0.29, 0.717) is 36.0 Å². The van der Waals surface area contributed by atoms with E-state index in [1.807, 2.05) is 13.8 Å². The Balaban J connectivity index is 1.71. The topological polar surface area (TPSA) is 78.1 Å². The fraction of sp³-hybridized carbons (Fsp3) is 0.389. The van der Waals surface area contributed by atoms with E-state index >= 15 is 0 Å². The SMILES string of the molecule is CCN(CC)C(=O)c1cccc(NC(=O)c2cc(C3CC3)[nH]n2)c1. The molecule has 1 heterocycles. The lowest BCUT2D eigenvalue weighted by Gasteiger charge is -2.18. The second-order valence-electron chi connectivity index (χ2n) is 6.00. The summed E-state index contributed by atoms with van der Waals surface area (Å²) in [6.45, 7) is 5.20. The van der Waals surface area contributed by atoms with E-state index < -0.39 is 0 Å². The second-order valence-corrected chi connectivity index (χ2v) is 6.00. The molecule has 0 unspecified atom stereocenters. The molecule has 1 saturated carbocycles. The van der Waals surface area contributed by atoms with Gasteiger partial charge in [0.05, 0.1) is 0 Å². The number of aromatic amines is 1. The average Bonchev–Trinajstić information content (AvgIpc) is 3.33. The first kappa shape index (κ1) is 16.2. The van der Waals surface area contributed by atoms with Gasteiger partial charge in [-0.05, 0) is 51.0 Å². The van der Waals surface area contributed by atoms with E-state index in [4.69, 9.17) is 0 Å². The van der Waals surface area contributed by atoms with Gasteiger partial charge in [0.1, 0.15) is 0 Å². The third kappa shape index (κ3) is 3.48. The standard InChI is InChI=1S/C18H22N4O2/c1-3-22(4-2)18(24)13-6-5-7-14(10-13)19-17(23)16-11-15(20-21-16)12-8-9-12/h5-7,10-12H,3-4,8-9H2,1-2H3,(H,19,23)(H,20,21). The van der Waals surface area contributed by atoms with Gasteiger partial charge in [-0.25, -0.2) is 0 Å². The van der Waals surface area contributed by atoms with Gasteiger partial charge in [0.25, 0.3) is 11.8 Å². The number of hydrogen-bond donors (Lipinski definition) is 2. The first-order valence-corrected chi connectivity index (χ1v) is 8.38. The molecule has 1 aliphatic carbocycles. The quantitative estimate of drug-likeness (QED) is 0.856. The zero-order valence-electron chi connectivity index (χ0n) is 14.0. The Morgan fingerprint density at radius 2 is 2.00 bits per heavy atom. The average molecular weight is 326 g/mol. The van der Waals surface area contributed by atoms with Crippen molar-refractivity contribution < 1.29 is 9.59 Å². The lowest BCUT2D eigenvalue weighted by atomic mass is 10.1. The van der Waals surface area contributed by atoms with E-state index in [1.165, 1.54) is 0 Å². The van der Waals surface area contributed by atoms with Crippen LogP contribution in [0.25, 0.3) is 0 Å². The van der Waals surface area contributed by atoms with Gasteiger partial charge in [-0.3, -0.25) is 14.7 Å². The van der Waals surface area contributed by atoms with Crippen LogP contribution in [0.5, 0.6) is 0 Å². The molecule has 0 atom stereocenters. The maximum Gasteiger partial charge on any atom is 0.276 e. The lowest BCUT2D eigenvalue weighted by Crippen LogP contribution is -2.30. The Bertz CT molecular complexity index is 745. The number of H-pyrrole nitrogens is 1. The molecule has 6 nitrogen and oxygen atoms in total. The number of benzene rings is 1. The van der Waals surface area contributed by atoms with Crippen LogP contribution in [0.15, 0.2) is 30.3 Å². The van der Waals surface area contributed by atoms with Gasteiger partial charge in [-0.2, -0.15) is 5.10 Å². The molecule has 24 heavy (non-hydrogen) atoms. The normalized spacial score (nSPS) is 13.6. The highest BCUT2D eigenvalue weighted by atomic mass is 16.2. The van der Waals surface area contributed by atoms with Gasteiger partial charge in [0.2, 0.25) is 0 Å². The maximum absolute atomic E-state index is 12.4. The third-order valence-corrected chi connectivity index (χ3v) is 4.27. The van der Waals surface area contributed by atoms with Gasteiger partial charge in [-0.15, -0.1) is 0 Å². The van der Waals surface area contributed by atoms with Crippen molar-refractivity contribution in [1.82, 2.24) is 15.1 Å². The Morgan fingerprint density at radius 3 is 2.67 bits per heavy atom. The van der Waals surface area contributed by atoms with Crippen LogP contribution in [0.2, 0.25) is 0 Å². The van der Waals surface area contributed by atoms with E-state index in [9.17, 15) is 9.59 Å². The van der Waals surface area contributed by atoms with Crippen LogP contribution in [0.3, 0.4) is 0 Å². The lowest BCUT2D eigenvalue weighted by molar-refractivity contribution is 0.0772. The molecule has 0 aliphatic heterocycles. The number of nitrogens with zero attached hydrogens (tertiary/aromatic N) is 2. The minimum atomic E-state index is -0.273. The first-order chi connectivity index (χ1) is 11.6. The highest BCUT2D eigenvalue weighted by Crippen LogP contribution is 2.39. The molecule has 0 spiro atoms. The highest BCUT2D eigenvalue weighted by Gasteiger charge is 2.26. The summed E-state index contributed by atoms with van der Waals surface area (Å²) >= 11 is 0. The number of nitrogens with one attached hydrogen (secondary N) is 2. The molecule has 2 aromatic rings. The Labute approximate surface area is 141 Å². The van der Waals surface area contributed by atoms with E-state index in [0.717, 1.165) is 18.5 Å². The predicted octanol–water partition coefficient (Wildman–Crippen LogP) is 3.02. The molecule has 0 radical (unpaired) electrons. The van der Waals surface area contributed by atoms with Crippen molar-refractivity contribution in [1.29, 1.82) is 0 Å². The molecule has 3 rings (SSSR count). The summed E-state index contributed by atoms with van der Waals surface area (Å²) in [7, 11) is 0. The zero-order valence-corrected chi connectivity index (χ0v) is 14.0. The number of carbonyl (C=O) groups is 2. The van der Waals surface area contributed by atoms with Gasteiger partial charge in [0.15, 0.2) is 5.69 Å². The summed E-state index contributed by atoms with van der Waals surface area (Å²) in [6.07, 6.45) is 2.30. The molecule has 1 aliphatic rings.